The van der Waals surface area contributed by atoms with Crippen molar-refractivity contribution in [3.8, 4) is 11.6 Å². The van der Waals surface area contributed by atoms with E-state index in [9.17, 15) is 4.79 Å². The smallest absolute Gasteiger partial charge is 0.233 e. The molecule has 0 saturated heterocycles. The van der Waals surface area contributed by atoms with Gasteiger partial charge in [-0.25, -0.2) is 0 Å². The van der Waals surface area contributed by atoms with Gasteiger partial charge in [-0.2, -0.15) is 0 Å². The van der Waals surface area contributed by atoms with Gasteiger partial charge in [-0.3, -0.25) is 4.79 Å². The first kappa shape index (κ1) is 15.6. The molecule has 0 aliphatic rings. The summed E-state index contributed by atoms with van der Waals surface area (Å²) in [6.45, 7) is 2.82. The monoisotopic (exact) mass is 310 g/mol. The maximum atomic E-state index is 11.9. The van der Waals surface area contributed by atoms with E-state index in [0.717, 1.165) is 0 Å². The highest BCUT2D eigenvalue weighted by Gasteiger charge is 2.19. The first-order valence-corrected chi connectivity index (χ1v) is 7.38. The number of furan rings is 1. The fourth-order valence-corrected chi connectivity index (χ4v) is 2.51. The van der Waals surface area contributed by atoms with Crippen molar-refractivity contribution >= 4 is 17.7 Å². The van der Waals surface area contributed by atoms with Crippen LogP contribution in [0.3, 0.4) is 0 Å². The molecular weight excluding hydrogens is 292 g/mol. The summed E-state index contributed by atoms with van der Waals surface area (Å²) in [6, 6.07) is 3.61. The summed E-state index contributed by atoms with van der Waals surface area (Å²) in [6.07, 6.45) is 1.59. The molecule has 1 atom stereocenters. The molecule has 2 rings (SSSR count). The van der Waals surface area contributed by atoms with E-state index >= 15 is 0 Å². The number of aromatic nitrogens is 3. The molecule has 7 nitrogen and oxygen atoms in total. The van der Waals surface area contributed by atoms with Crippen molar-refractivity contribution in [3.63, 3.8) is 0 Å². The lowest BCUT2D eigenvalue weighted by atomic mass is 10.4. The minimum Gasteiger partial charge on any atom is -0.461 e. The Morgan fingerprint density at radius 2 is 2.38 bits per heavy atom. The van der Waals surface area contributed by atoms with Gasteiger partial charge in [-0.15, -0.1) is 10.2 Å². The first-order valence-electron chi connectivity index (χ1n) is 6.50. The molecule has 8 heteroatoms. The van der Waals surface area contributed by atoms with Crippen LogP contribution in [-0.4, -0.2) is 46.2 Å². The summed E-state index contributed by atoms with van der Waals surface area (Å²) in [5, 5.41) is 11.4. The number of hydrogen-bond acceptors (Lipinski definition) is 6. The fourth-order valence-electron chi connectivity index (χ4n) is 1.67. The van der Waals surface area contributed by atoms with Crippen LogP contribution in [0.15, 0.2) is 28.0 Å². The lowest BCUT2D eigenvalue weighted by Gasteiger charge is -2.11. The zero-order valence-electron chi connectivity index (χ0n) is 12.2. The van der Waals surface area contributed by atoms with Crippen molar-refractivity contribution < 1.29 is 13.9 Å². The Morgan fingerprint density at radius 3 is 3.05 bits per heavy atom. The molecule has 0 bridgehead atoms. The van der Waals surface area contributed by atoms with Crippen LogP contribution in [0.4, 0.5) is 0 Å². The third-order valence-corrected chi connectivity index (χ3v) is 3.97. The summed E-state index contributed by atoms with van der Waals surface area (Å²) in [5.74, 6) is 1.23. The van der Waals surface area contributed by atoms with Gasteiger partial charge < -0.3 is 19.0 Å². The highest BCUT2D eigenvalue weighted by atomic mass is 32.2. The number of nitrogens with one attached hydrogen (secondary N) is 1. The van der Waals surface area contributed by atoms with Crippen molar-refractivity contribution in [1.29, 1.82) is 0 Å². The average molecular weight is 310 g/mol. The van der Waals surface area contributed by atoms with Crippen LogP contribution in [0.2, 0.25) is 0 Å². The molecule has 0 aromatic carbocycles. The van der Waals surface area contributed by atoms with Crippen LogP contribution in [0.5, 0.6) is 0 Å². The molecule has 21 heavy (non-hydrogen) atoms. The first-order chi connectivity index (χ1) is 10.1. The van der Waals surface area contributed by atoms with Gasteiger partial charge in [0.2, 0.25) is 5.91 Å². The number of rotatable bonds is 7. The number of thioether (sulfide) groups is 1. The molecule has 2 heterocycles. The van der Waals surface area contributed by atoms with E-state index in [2.05, 4.69) is 15.5 Å². The predicted octanol–water partition coefficient (Wildman–Crippen LogP) is 1.32. The van der Waals surface area contributed by atoms with Crippen LogP contribution >= 0.6 is 11.8 Å². The van der Waals surface area contributed by atoms with Crippen LogP contribution in [0.25, 0.3) is 11.6 Å². The SMILES string of the molecule is COCCNC(=O)[C@H](C)Sc1nnc(-c2ccco2)n1C. The lowest BCUT2D eigenvalue weighted by Crippen LogP contribution is -2.33. The molecule has 0 fully saturated rings. The third kappa shape index (κ3) is 3.85. The Bertz CT molecular complexity index is 582. The molecular formula is C13H18N4O3S. The van der Waals surface area contributed by atoms with Gasteiger partial charge in [-0.1, -0.05) is 11.8 Å². The normalized spacial score (nSPS) is 12.3. The lowest BCUT2D eigenvalue weighted by molar-refractivity contribution is -0.120. The Kier molecular flexibility index (Phi) is 5.40. The standard InChI is InChI=1S/C13H18N4O3S/c1-9(12(18)14-6-8-19-3)21-13-16-15-11(17(13)2)10-5-4-7-20-10/h4-5,7,9H,6,8H2,1-3H3,(H,14,18)/t9-/m0/s1. The van der Waals surface area contributed by atoms with E-state index in [-0.39, 0.29) is 11.2 Å². The Labute approximate surface area is 127 Å². The number of hydrogen-bond donors (Lipinski definition) is 1. The van der Waals surface area contributed by atoms with Gasteiger partial charge >= 0.3 is 0 Å². The van der Waals surface area contributed by atoms with Gasteiger partial charge in [0.1, 0.15) is 0 Å². The number of carbonyl (C=O) groups is 1. The van der Waals surface area contributed by atoms with Crippen LogP contribution < -0.4 is 5.32 Å². The number of nitrogens with zero attached hydrogens (tertiary/aromatic N) is 3. The van der Waals surface area contributed by atoms with Crippen molar-refractivity contribution in [1.82, 2.24) is 20.1 Å². The van der Waals surface area contributed by atoms with Crippen molar-refractivity contribution in [2.24, 2.45) is 7.05 Å². The largest absolute Gasteiger partial charge is 0.461 e. The zero-order valence-corrected chi connectivity index (χ0v) is 13.0. The van der Waals surface area contributed by atoms with Gasteiger partial charge in [0.15, 0.2) is 16.7 Å². The summed E-state index contributed by atoms with van der Waals surface area (Å²) in [5.41, 5.74) is 0. The van der Waals surface area contributed by atoms with Crippen molar-refractivity contribution in [2.75, 3.05) is 20.3 Å². The molecule has 0 spiro atoms. The zero-order chi connectivity index (χ0) is 15.2. The average Bonchev–Trinajstić information content (AvgIpc) is 3.10. The maximum absolute atomic E-state index is 11.9. The van der Waals surface area contributed by atoms with Crippen molar-refractivity contribution in [2.45, 2.75) is 17.3 Å². The summed E-state index contributed by atoms with van der Waals surface area (Å²) in [4.78, 5) is 11.9. The fraction of sp³-hybridized carbons (Fsp3) is 0.462. The molecule has 1 amide bonds. The Hall–Kier alpha value is -1.80. The molecule has 0 saturated carbocycles. The highest BCUT2D eigenvalue weighted by Crippen LogP contribution is 2.25. The van der Waals surface area contributed by atoms with E-state index in [1.165, 1.54) is 11.8 Å². The van der Waals surface area contributed by atoms with Crippen LogP contribution in [0, 0.1) is 0 Å². The van der Waals surface area contributed by atoms with E-state index < -0.39 is 0 Å². The van der Waals surface area contributed by atoms with E-state index in [0.29, 0.717) is 29.9 Å². The third-order valence-electron chi connectivity index (χ3n) is 2.83. The highest BCUT2D eigenvalue weighted by molar-refractivity contribution is 8.00. The van der Waals surface area contributed by atoms with Crippen LogP contribution in [-0.2, 0) is 16.6 Å². The second-order valence-corrected chi connectivity index (χ2v) is 5.69. The Balaban J connectivity index is 1.98. The molecule has 0 aliphatic heterocycles. The van der Waals surface area contributed by atoms with Gasteiger partial charge in [0, 0.05) is 20.7 Å². The quantitative estimate of drug-likeness (QED) is 0.613. The van der Waals surface area contributed by atoms with Gasteiger partial charge in [-0.05, 0) is 19.1 Å². The molecule has 2 aromatic heterocycles. The van der Waals surface area contributed by atoms with Crippen molar-refractivity contribution in [3.05, 3.63) is 18.4 Å². The summed E-state index contributed by atoms with van der Waals surface area (Å²) < 4.78 is 12.0. The minimum atomic E-state index is -0.269. The number of amides is 1. The second-order valence-electron chi connectivity index (χ2n) is 4.39. The topological polar surface area (TPSA) is 82.2 Å². The van der Waals surface area contributed by atoms with Gasteiger partial charge in [0.25, 0.3) is 0 Å². The predicted molar refractivity (Wildman–Crippen MR) is 78.9 cm³/mol. The second kappa shape index (κ2) is 7.28. The Morgan fingerprint density at radius 1 is 1.57 bits per heavy atom. The van der Waals surface area contributed by atoms with E-state index in [4.69, 9.17) is 9.15 Å². The molecule has 0 unspecified atom stereocenters. The maximum Gasteiger partial charge on any atom is 0.233 e. The van der Waals surface area contributed by atoms with E-state index in [1.807, 2.05) is 24.6 Å². The molecule has 114 valence electrons. The molecule has 1 N–H and O–H groups in total. The minimum absolute atomic E-state index is 0.0559. The molecule has 0 radical (unpaired) electrons. The summed E-state index contributed by atoms with van der Waals surface area (Å²) >= 11 is 1.35. The van der Waals surface area contributed by atoms with Crippen LogP contribution in [0.1, 0.15) is 6.92 Å². The van der Waals surface area contributed by atoms with Gasteiger partial charge in [0.05, 0.1) is 18.1 Å². The summed E-state index contributed by atoms with van der Waals surface area (Å²) in [7, 11) is 3.44. The number of ether oxygens (including phenoxy) is 1. The number of carbonyl (C=O) groups excluding carboxylic acids is 1. The van der Waals surface area contributed by atoms with E-state index in [1.54, 1.807) is 19.4 Å². The molecule has 0 aliphatic carbocycles. The number of methoxy groups -OCH3 is 1. The molecule has 2 aromatic rings.